The van der Waals surface area contributed by atoms with E-state index < -0.39 is 11.9 Å². The normalized spacial score (nSPS) is 10.4. The van der Waals surface area contributed by atoms with Gasteiger partial charge in [-0.1, -0.05) is 18.2 Å². The van der Waals surface area contributed by atoms with Crippen LogP contribution in [-0.4, -0.2) is 39.2 Å². The molecule has 7 nitrogen and oxygen atoms in total. The lowest BCUT2D eigenvalue weighted by Gasteiger charge is -2.03. The highest BCUT2D eigenvalue weighted by Gasteiger charge is 2.18. The third kappa shape index (κ3) is 5.67. The van der Waals surface area contributed by atoms with Crippen molar-refractivity contribution in [2.45, 2.75) is 27.7 Å². The lowest BCUT2D eigenvalue weighted by molar-refractivity contribution is 0.0681. The van der Waals surface area contributed by atoms with Gasteiger partial charge in [0, 0.05) is 0 Å². The Morgan fingerprint density at radius 1 is 0.735 bits per heavy atom. The van der Waals surface area contributed by atoms with Crippen LogP contribution in [0.25, 0.3) is 20.9 Å². The monoisotopic (exact) mass is 496 g/mol. The number of ether oxygens (including phenoxy) is 1. The van der Waals surface area contributed by atoms with E-state index in [1.54, 1.807) is 26.2 Å². The smallest absolute Gasteiger partial charge is 0.356 e. The Balaban J connectivity index is 0.000000191. The largest absolute Gasteiger partial charge is 0.497 e. The Hall–Kier alpha value is -3.56. The summed E-state index contributed by atoms with van der Waals surface area (Å²) in [5.41, 5.74) is 4.38. The highest BCUT2D eigenvalue weighted by Crippen LogP contribution is 2.32. The van der Waals surface area contributed by atoms with E-state index in [0.717, 1.165) is 37.3 Å². The molecule has 176 valence electrons. The van der Waals surface area contributed by atoms with Gasteiger partial charge in [0.1, 0.15) is 5.75 Å². The fourth-order valence-electron chi connectivity index (χ4n) is 3.16. The Labute approximate surface area is 205 Å². The molecule has 0 aliphatic carbocycles. The predicted molar refractivity (Wildman–Crippen MR) is 135 cm³/mol. The zero-order valence-corrected chi connectivity index (χ0v) is 21.0. The molecule has 9 heteroatoms. The molecule has 0 aliphatic heterocycles. The van der Waals surface area contributed by atoms with Crippen LogP contribution in [0.4, 0.5) is 0 Å². The maximum atomic E-state index is 11.1. The van der Waals surface area contributed by atoms with Gasteiger partial charge < -0.3 is 14.9 Å². The number of aromatic nitrogens is 2. The standard InChI is InChI=1S/C13H13NO2S.C12H11NO3S/c1-7-4-5-10(6-8(7)2)12-11(13(15)16)14-9(3)17-12;1-7-13-10(12(14)15)11(17-7)8-3-5-9(16-2)6-4-8/h4-6H,1-3H3,(H,15,16);3-6H,1-2H3,(H,14,15). The van der Waals surface area contributed by atoms with Gasteiger partial charge in [-0.25, -0.2) is 19.6 Å². The van der Waals surface area contributed by atoms with Crippen LogP contribution in [-0.2, 0) is 0 Å². The topological polar surface area (TPSA) is 110 Å². The van der Waals surface area contributed by atoms with Gasteiger partial charge in [0.05, 0.1) is 26.9 Å². The molecule has 0 amide bonds. The average molecular weight is 497 g/mol. The summed E-state index contributed by atoms with van der Waals surface area (Å²) >= 11 is 2.79. The molecule has 34 heavy (non-hydrogen) atoms. The molecule has 0 spiro atoms. The van der Waals surface area contributed by atoms with Crippen LogP contribution < -0.4 is 4.74 Å². The van der Waals surface area contributed by atoms with Crippen molar-refractivity contribution < 1.29 is 24.5 Å². The Morgan fingerprint density at radius 3 is 1.65 bits per heavy atom. The predicted octanol–water partition coefficient (Wildman–Crippen LogP) is 6.26. The highest BCUT2D eigenvalue weighted by atomic mass is 32.1. The van der Waals surface area contributed by atoms with Crippen LogP contribution in [0, 0.1) is 27.7 Å². The van der Waals surface area contributed by atoms with Crippen LogP contribution >= 0.6 is 22.7 Å². The summed E-state index contributed by atoms with van der Waals surface area (Å²) in [6.45, 7) is 7.67. The molecule has 2 heterocycles. The van der Waals surface area contributed by atoms with Crippen molar-refractivity contribution in [3.05, 3.63) is 75.0 Å². The highest BCUT2D eigenvalue weighted by molar-refractivity contribution is 7.15. The summed E-state index contributed by atoms with van der Waals surface area (Å²) in [7, 11) is 1.59. The van der Waals surface area contributed by atoms with E-state index in [2.05, 4.69) is 9.97 Å². The van der Waals surface area contributed by atoms with Crippen LogP contribution in [0.15, 0.2) is 42.5 Å². The summed E-state index contributed by atoms with van der Waals surface area (Å²) in [6.07, 6.45) is 0. The lowest BCUT2D eigenvalue weighted by atomic mass is 10.0. The molecule has 0 bridgehead atoms. The number of aromatic carboxylic acids is 2. The molecular formula is C25H24N2O5S2. The molecule has 0 radical (unpaired) electrons. The first-order chi connectivity index (χ1) is 16.1. The number of nitrogens with zero attached hydrogens (tertiary/aromatic N) is 2. The number of carboxylic acids is 2. The van der Waals surface area contributed by atoms with Crippen molar-refractivity contribution >= 4 is 34.6 Å². The molecule has 4 rings (SSSR count). The van der Waals surface area contributed by atoms with E-state index in [9.17, 15) is 9.59 Å². The summed E-state index contributed by atoms with van der Waals surface area (Å²) in [5.74, 6) is -1.23. The van der Waals surface area contributed by atoms with Gasteiger partial charge in [0.2, 0.25) is 0 Å². The Bertz CT molecular complexity index is 1340. The van der Waals surface area contributed by atoms with E-state index >= 15 is 0 Å². The zero-order chi connectivity index (χ0) is 25.0. The molecule has 0 saturated heterocycles. The molecule has 2 aromatic heterocycles. The molecule has 2 N–H and O–H groups in total. The third-order valence-corrected chi connectivity index (χ3v) is 7.03. The fourth-order valence-corrected chi connectivity index (χ4v) is 4.98. The van der Waals surface area contributed by atoms with Gasteiger partial charge in [-0.3, -0.25) is 0 Å². The summed E-state index contributed by atoms with van der Waals surface area (Å²) < 4.78 is 5.06. The number of benzene rings is 2. The minimum atomic E-state index is -1.000. The number of rotatable bonds is 5. The number of hydrogen-bond acceptors (Lipinski definition) is 7. The fraction of sp³-hybridized carbons (Fsp3) is 0.200. The number of carboxylic acid groups (broad SMARTS) is 2. The van der Waals surface area contributed by atoms with Crippen molar-refractivity contribution in [2.75, 3.05) is 7.11 Å². The second-order valence-corrected chi connectivity index (χ2v) is 9.87. The summed E-state index contributed by atoms with van der Waals surface area (Å²) in [6, 6.07) is 13.2. The Morgan fingerprint density at radius 2 is 1.21 bits per heavy atom. The number of hydrogen-bond donors (Lipinski definition) is 2. The Kier molecular flexibility index (Phi) is 7.80. The van der Waals surface area contributed by atoms with Crippen LogP contribution in [0.5, 0.6) is 5.75 Å². The van der Waals surface area contributed by atoms with Gasteiger partial charge in [0.15, 0.2) is 11.4 Å². The van der Waals surface area contributed by atoms with E-state index in [1.165, 1.54) is 28.2 Å². The third-order valence-electron chi connectivity index (χ3n) is 4.99. The molecule has 0 atom stereocenters. The van der Waals surface area contributed by atoms with Crippen molar-refractivity contribution in [1.82, 2.24) is 9.97 Å². The molecule has 4 aromatic rings. The minimum Gasteiger partial charge on any atom is -0.497 e. The van der Waals surface area contributed by atoms with Gasteiger partial charge in [-0.05, 0) is 74.2 Å². The maximum absolute atomic E-state index is 11.1. The second-order valence-electron chi connectivity index (χ2n) is 7.46. The van der Waals surface area contributed by atoms with E-state index in [0.29, 0.717) is 4.88 Å². The van der Waals surface area contributed by atoms with E-state index in [4.69, 9.17) is 14.9 Å². The van der Waals surface area contributed by atoms with E-state index in [-0.39, 0.29) is 11.4 Å². The van der Waals surface area contributed by atoms with Gasteiger partial charge >= 0.3 is 11.9 Å². The molecule has 0 saturated carbocycles. The van der Waals surface area contributed by atoms with Gasteiger partial charge in [-0.15, -0.1) is 22.7 Å². The first-order valence-corrected chi connectivity index (χ1v) is 11.9. The number of methoxy groups -OCH3 is 1. The van der Waals surface area contributed by atoms with E-state index in [1.807, 2.05) is 51.1 Å². The summed E-state index contributed by atoms with van der Waals surface area (Å²) in [5, 5.41) is 19.7. The zero-order valence-electron chi connectivity index (χ0n) is 19.4. The molecule has 2 aromatic carbocycles. The SMILES string of the molecule is COc1ccc(-c2sc(C)nc2C(=O)O)cc1.Cc1nc(C(=O)O)c(-c2ccc(C)c(C)c2)s1. The van der Waals surface area contributed by atoms with Crippen molar-refractivity contribution in [2.24, 2.45) is 0 Å². The molecular weight excluding hydrogens is 472 g/mol. The second kappa shape index (κ2) is 10.6. The first kappa shape index (κ1) is 25.1. The molecule has 0 aliphatic rings. The minimum absolute atomic E-state index is 0.109. The van der Waals surface area contributed by atoms with Gasteiger partial charge in [0.25, 0.3) is 0 Å². The maximum Gasteiger partial charge on any atom is 0.356 e. The number of carbonyl (C=O) groups is 2. The van der Waals surface area contributed by atoms with Crippen molar-refractivity contribution in [3.63, 3.8) is 0 Å². The quantitative estimate of drug-likeness (QED) is 0.336. The first-order valence-electron chi connectivity index (χ1n) is 10.2. The number of thiazole rings is 2. The van der Waals surface area contributed by atoms with Crippen LogP contribution in [0.1, 0.15) is 42.1 Å². The lowest BCUT2D eigenvalue weighted by Crippen LogP contribution is -1.98. The van der Waals surface area contributed by atoms with Crippen molar-refractivity contribution in [1.29, 1.82) is 0 Å². The number of aryl methyl sites for hydroxylation is 4. The molecule has 0 unspecified atom stereocenters. The van der Waals surface area contributed by atoms with Crippen molar-refractivity contribution in [3.8, 4) is 26.6 Å². The van der Waals surface area contributed by atoms with Crippen LogP contribution in [0.2, 0.25) is 0 Å². The molecule has 0 fully saturated rings. The average Bonchev–Trinajstić information content (AvgIpc) is 3.39. The summed E-state index contributed by atoms with van der Waals surface area (Å²) in [4.78, 5) is 31.6. The van der Waals surface area contributed by atoms with Crippen LogP contribution in [0.3, 0.4) is 0 Å². The van der Waals surface area contributed by atoms with Gasteiger partial charge in [-0.2, -0.15) is 0 Å².